The van der Waals surface area contributed by atoms with Gasteiger partial charge in [0.2, 0.25) is 0 Å². The maximum atomic E-state index is 6.16. The third-order valence-electron chi connectivity index (χ3n) is 33.0. The molecule has 0 N–H and O–H groups in total. The van der Waals surface area contributed by atoms with Crippen LogP contribution in [0.15, 0.2) is 194 Å². The lowest BCUT2D eigenvalue weighted by atomic mass is 9.74. The molecule has 8 nitrogen and oxygen atoms in total. The Morgan fingerprint density at radius 1 is 0.162 bits per heavy atom. The first-order valence-corrected chi connectivity index (χ1v) is 55.7. The van der Waals surface area contributed by atoms with E-state index >= 15 is 0 Å². The highest BCUT2D eigenvalue weighted by molar-refractivity contribution is 6.48. The van der Waals surface area contributed by atoms with Gasteiger partial charge in [-0.3, -0.25) is 0 Å². The number of rotatable bonds is 40. The van der Waals surface area contributed by atoms with Crippen molar-refractivity contribution in [1.82, 2.24) is 0 Å². The summed E-state index contributed by atoms with van der Waals surface area (Å²) in [6, 6.07) is 76.8. The van der Waals surface area contributed by atoms with Gasteiger partial charge in [0, 0.05) is 56.9 Å². The molecule has 0 saturated heterocycles. The van der Waals surface area contributed by atoms with Gasteiger partial charge >= 0.3 is 0 Å². The minimum Gasteiger partial charge on any atom is -0.380 e. The Morgan fingerprint density at radius 2 is 0.318 bits per heavy atom. The summed E-state index contributed by atoms with van der Waals surface area (Å²) < 4.78 is 49.2. The fourth-order valence-corrected chi connectivity index (χ4v) is 26.2. The van der Waals surface area contributed by atoms with Crippen molar-refractivity contribution < 1.29 is 37.9 Å². The largest absolute Gasteiger partial charge is 0.380 e. The zero-order chi connectivity index (χ0) is 104. The average Bonchev–Trinajstić information content (AvgIpc) is 0.671. The van der Waals surface area contributed by atoms with Gasteiger partial charge in [0.05, 0.1) is 52.9 Å². The van der Waals surface area contributed by atoms with Crippen LogP contribution in [0.25, 0.3) is 195 Å². The molecule has 0 atom stereocenters. The van der Waals surface area contributed by atoms with E-state index in [1.807, 2.05) is 56.9 Å². The van der Waals surface area contributed by atoms with Gasteiger partial charge in [-0.15, -0.1) is 0 Å². The van der Waals surface area contributed by atoms with E-state index < -0.39 is 0 Å². The Morgan fingerprint density at radius 3 is 0.473 bits per heavy atom. The molecule has 768 valence electrons. The molecule has 8 heteroatoms. The lowest BCUT2D eigenvalue weighted by Gasteiger charge is -2.29. The van der Waals surface area contributed by atoms with Gasteiger partial charge in [-0.25, -0.2) is 0 Å². The topological polar surface area (TPSA) is 73.8 Å². The van der Waals surface area contributed by atoms with Crippen LogP contribution in [0.4, 0.5) is 0 Å². The van der Waals surface area contributed by atoms with Gasteiger partial charge in [-0.2, -0.15) is 0 Å². The van der Waals surface area contributed by atoms with E-state index in [0.717, 1.165) is 51.4 Å². The van der Waals surface area contributed by atoms with Crippen molar-refractivity contribution >= 4 is 151 Å². The molecule has 0 aromatic heterocycles. The van der Waals surface area contributed by atoms with E-state index in [9.17, 15) is 0 Å². The number of hydrogen-bond acceptors (Lipinski definition) is 8. The Balaban J connectivity index is 0.000000186. The molecule has 0 aliphatic heterocycles. The third kappa shape index (κ3) is 18.9. The first-order chi connectivity index (χ1) is 71.6. The summed E-state index contributed by atoms with van der Waals surface area (Å²) in [5.41, 5.74) is 30.6. The maximum absolute atomic E-state index is 6.16. The smallest absolute Gasteiger partial charge is 0.0719 e. The molecule has 0 aliphatic carbocycles. The van der Waals surface area contributed by atoms with Crippen LogP contribution in [0.2, 0.25) is 0 Å². The standard InChI is InChI=1S/2C70H80O4/c2*1-13-15-17-19-25-53-55-31-33-58-64(60-45(41-73-11)37-48(70(6,7)8)38-46(60)42-74-12)52-30-24-22-28-50(52)62-54(26-20-18-16-14-2)56-32-34-57-63(59-43(39-71-9)35-47(69(3,4)5)36-44(59)40-72-10)51-29-23-21-27-49(51)61(53)67(57)66(56)65(55)68(58)62/h2*21-24,27-38H,13-20,25-26,39-42H2,1-12H3. The quantitative estimate of drug-likeness (QED) is 0.0214. The van der Waals surface area contributed by atoms with Gasteiger partial charge in [-0.1, -0.05) is 382 Å². The van der Waals surface area contributed by atoms with Crippen LogP contribution >= 0.6 is 0 Å². The minimum atomic E-state index is -0.0583. The van der Waals surface area contributed by atoms with Crippen molar-refractivity contribution in [2.45, 2.75) is 314 Å². The van der Waals surface area contributed by atoms with Crippen molar-refractivity contribution in [3.63, 3.8) is 0 Å². The molecule has 0 heterocycles. The number of methoxy groups -OCH3 is 8. The van der Waals surface area contributed by atoms with Crippen LogP contribution in [-0.2, 0) is 138 Å². The van der Waals surface area contributed by atoms with E-state index in [1.165, 1.54) is 361 Å². The predicted molar refractivity (Wildman–Crippen MR) is 636 cm³/mol. The van der Waals surface area contributed by atoms with Crippen LogP contribution in [0.5, 0.6) is 0 Å². The first-order valence-electron chi connectivity index (χ1n) is 55.7. The number of unbranched alkanes of at least 4 members (excludes halogenated alkanes) is 12. The average molecular weight is 1970 g/mol. The molecule has 0 bridgehead atoms. The van der Waals surface area contributed by atoms with Crippen molar-refractivity contribution in [1.29, 1.82) is 0 Å². The molecular weight excluding hydrogens is 1810 g/mol. The predicted octanol–water partition coefficient (Wildman–Crippen LogP) is 38.8. The van der Waals surface area contributed by atoms with E-state index in [-0.39, 0.29) is 21.7 Å². The first kappa shape index (κ1) is 105. The molecular formula is C140H160O8. The zero-order valence-corrected chi connectivity index (χ0v) is 93.5. The molecule has 0 amide bonds. The molecule has 0 spiro atoms. The van der Waals surface area contributed by atoms with Crippen LogP contribution in [0.1, 0.15) is 303 Å². The van der Waals surface area contributed by atoms with Crippen LogP contribution in [-0.4, -0.2) is 56.9 Å². The van der Waals surface area contributed by atoms with Gasteiger partial charge < -0.3 is 37.9 Å². The minimum absolute atomic E-state index is 0.0583. The normalized spacial score (nSPS) is 12.8. The summed E-state index contributed by atoms with van der Waals surface area (Å²) in [6.07, 6.45) is 23.2. The Kier molecular flexibility index (Phi) is 31.3. The van der Waals surface area contributed by atoms with Crippen molar-refractivity contribution in [2.24, 2.45) is 0 Å². The van der Waals surface area contributed by atoms with Crippen molar-refractivity contribution in [3.05, 3.63) is 283 Å². The number of ether oxygens (including phenoxy) is 8. The summed E-state index contributed by atoms with van der Waals surface area (Å²) in [6.45, 7) is 41.0. The van der Waals surface area contributed by atoms with Gasteiger partial charge in [-0.05, 0) is 357 Å². The molecule has 0 aliphatic rings. The van der Waals surface area contributed by atoms with E-state index in [0.29, 0.717) is 52.9 Å². The SMILES string of the molecule is CCCCCCc1c2ccc3c(-c4c(COC)cc(C(C)(C)C)cc4COC)c4ccccc4c4c(CCCCCC)c5ccc6c(-c7c(COC)cc(C(C)(C)C)cc7COC)c7ccccc7c1c6c5c2c34.CCCCCCc1c2ccc3c(-c4c(COC)cc(C(C)(C)C)cc4COC)c4ccccc4c4c(CCCCCC)c5ccc6c(-c7c(COC)cc(C(C)(C)C)cc7COC)c7ccccc7c1c6c5c2c34. The van der Waals surface area contributed by atoms with Gasteiger partial charge in [0.1, 0.15) is 0 Å². The number of benzene rings is 20. The van der Waals surface area contributed by atoms with E-state index in [2.05, 4.69) is 305 Å². The summed E-state index contributed by atoms with van der Waals surface area (Å²) in [5, 5.41) is 38.2. The summed E-state index contributed by atoms with van der Waals surface area (Å²) in [4.78, 5) is 0. The Bertz CT molecular complexity index is 7200. The van der Waals surface area contributed by atoms with Crippen molar-refractivity contribution in [3.8, 4) is 44.5 Å². The van der Waals surface area contributed by atoms with Gasteiger partial charge in [0.15, 0.2) is 0 Å². The third-order valence-corrected chi connectivity index (χ3v) is 33.0. The van der Waals surface area contributed by atoms with Crippen LogP contribution < -0.4 is 0 Å². The second-order valence-electron chi connectivity index (χ2n) is 47.1. The lowest BCUT2D eigenvalue weighted by molar-refractivity contribution is 0.180. The number of hydrogen-bond donors (Lipinski definition) is 0. The Labute approximate surface area is 881 Å². The molecule has 20 rings (SSSR count). The monoisotopic (exact) mass is 1970 g/mol. The highest BCUT2D eigenvalue weighted by Gasteiger charge is 2.37. The molecule has 0 radical (unpaired) electrons. The molecule has 0 unspecified atom stereocenters. The molecule has 20 aromatic carbocycles. The van der Waals surface area contributed by atoms with Gasteiger partial charge in [0.25, 0.3) is 0 Å². The van der Waals surface area contributed by atoms with Crippen LogP contribution in [0.3, 0.4) is 0 Å². The highest BCUT2D eigenvalue weighted by Crippen LogP contribution is 2.61. The highest BCUT2D eigenvalue weighted by atomic mass is 16.5. The fraction of sp³-hybridized carbons (Fsp3) is 0.400. The molecule has 148 heavy (non-hydrogen) atoms. The van der Waals surface area contributed by atoms with E-state index in [4.69, 9.17) is 37.9 Å². The Hall–Kier alpha value is -11.2. The van der Waals surface area contributed by atoms with E-state index in [1.54, 1.807) is 0 Å². The molecule has 0 fully saturated rings. The molecule has 20 aromatic rings. The lowest BCUT2D eigenvalue weighted by Crippen LogP contribution is -2.14. The summed E-state index contributed by atoms with van der Waals surface area (Å²) in [7, 11) is 14.7. The van der Waals surface area contributed by atoms with Crippen molar-refractivity contribution in [2.75, 3.05) is 56.9 Å². The second kappa shape index (κ2) is 44.0. The summed E-state index contributed by atoms with van der Waals surface area (Å²) >= 11 is 0. The second-order valence-corrected chi connectivity index (χ2v) is 47.1. The maximum Gasteiger partial charge on any atom is 0.0719 e. The molecule has 0 saturated carbocycles. The van der Waals surface area contributed by atoms with Crippen LogP contribution in [0, 0.1) is 0 Å². The number of aryl methyl sites for hydroxylation is 4. The number of fused-ring (bicyclic) bond motifs is 8. The fourth-order valence-electron chi connectivity index (χ4n) is 26.2. The summed E-state index contributed by atoms with van der Waals surface area (Å²) in [5.74, 6) is 0. The zero-order valence-electron chi connectivity index (χ0n) is 93.5.